The fourth-order valence-electron chi connectivity index (χ4n) is 11.4. The van der Waals surface area contributed by atoms with Gasteiger partial charge >= 0.3 is 0 Å². The molecule has 0 radical (unpaired) electrons. The van der Waals surface area contributed by atoms with Gasteiger partial charge < -0.3 is 9.47 Å². The zero-order valence-electron chi connectivity index (χ0n) is 40.3. The molecular formula is C70H50N2Si. The number of rotatable bonds is 11. The average Bonchev–Trinajstić information content (AvgIpc) is 3.82. The van der Waals surface area contributed by atoms with Crippen LogP contribution in [0.25, 0.3) is 71.6 Å². The van der Waals surface area contributed by atoms with Crippen LogP contribution in [0.1, 0.15) is 0 Å². The molecule has 0 N–H and O–H groups in total. The lowest BCUT2D eigenvalue weighted by Gasteiger charge is -2.35. The second kappa shape index (κ2) is 18.8. The third-order valence-corrected chi connectivity index (χ3v) is 19.5. The summed E-state index contributed by atoms with van der Waals surface area (Å²) >= 11 is 0. The van der Waals surface area contributed by atoms with Crippen molar-refractivity contribution in [3.05, 3.63) is 303 Å². The van der Waals surface area contributed by atoms with Gasteiger partial charge in [-0.3, -0.25) is 0 Å². The molecule has 3 heteroatoms. The standard InChI is InChI=1S/C70H50N2Si/c1-6-22-51(23-7-1)66-49-53-24-16-17-25-54(53)50-67(66)52-40-42-57(43-41-52)71(58-44-46-63(47-45-58)73(60-30-10-3-11-31-60,61-32-12-4-13-33-61)62-34-14-5-15-35-62)59-29-20-26-55(48-59)64-37-21-39-69-70(64)65-36-18-19-38-68(65)72(69)56-27-8-2-9-28-56/h1-50H. The molecule has 344 valence electrons. The van der Waals surface area contributed by atoms with Gasteiger partial charge in [-0.05, 0) is 138 Å². The molecule has 73 heavy (non-hydrogen) atoms. The van der Waals surface area contributed by atoms with Crippen LogP contribution < -0.4 is 25.6 Å². The Labute approximate surface area is 428 Å². The van der Waals surface area contributed by atoms with Crippen molar-refractivity contribution in [3.63, 3.8) is 0 Å². The van der Waals surface area contributed by atoms with E-state index < -0.39 is 8.07 Å². The number of anilines is 3. The van der Waals surface area contributed by atoms with Crippen molar-refractivity contribution >= 4 is 78.5 Å². The number of para-hydroxylation sites is 2. The molecule has 0 saturated heterocycles. The summed E-state index contributed by atoms with van der Waals surface area (Å²) in [6.45, 7) is 0. The normalized spacial score (nSPS) is 11.6. The number of aromatic nitrogens is 1. The van der Waals surface area contributed by atoms with Gasteiger partial charge in [0.1, 0.15) is 0 Å². The predicted molar refractivity (Wildman–Crippen MR) is 313 cm³/mol. The average molecular weight is 947 g/mol. The molecule has 0 saturated carbocycles. The van der Waals surface area contributed by atoms with E-state index in [1.165, 1.54) is 81.1 Å². The van der Waals surface area contributed by atoms with Crippen LogP contribution in [-0.2, 0) is 0 Å². The highest BCUT2D eigenvalue weighted by Crippen LogP contribution is 2.43. The first-order valence-corrected chi connectivity index (χ1v) is 27.2. The zero-order valence-corrected chi connectivity index (χ0v) is 41.3. The molecule has 13 aromatic rings. The summed E-state index contributed by atoms with van der Waals surface area (Å²) < 4.78 is 2.40. The van der Waals surface area contributed by atoms with Crippen molar-refractivity contribution in [2.75, 3.05) is 4.90 Å². The van der Waals surface area contributed by atoms with Crippen LogP contribution in [0.2, 0.25) is 0 Å². The molecule has 1 aromatic heterocycles. The highest BCUT2D eigenvalue weighted by Gasteiger charge is 2.41. The summed E-state index contributed by atoms with van der Waals surface area (Å²) in [5, 5.41) is 10.3. The quantitative estimate of drug-likeness (QED) is 0.0926. The molecule has 0 atom stereocenters. The molecule has 0 aliphatic rings. The van der Waals surface area contributed by atoms with E-state index in [4.69, 9.17) is 0 Å². The highest BCUT2D eigenvalue weighted by molar-refractivity contribution is 7.19. The number of fused-ring (bicyclic) bond motifs is 4. The van der Waals surface area contributed by atoms with Crippen LogP contribution in [0, 0.1) is 0 Å². The molecule has 0 aliphatic heterocycles. The van der Waals surface area contributed by atoms with Crippen molar-refractivity contribution < 1.29 is 0 Å². The number of hydrogen-bond acceptors (Lipinski definition) is 1. The number of benzene rings is 12. The Morgan fingerprint density at radius 1 is 0.274 bits per heavy atom. The highest BCUT2D eigenvalue weighted by atomic mass is 28.3. The summed E-state index contributed by atoms with van der Waals surface area (Å²) in [4.78, 5) is 2.43. The van der Waals surface area contributed by atoms with Gasteiger partial charge in [-0.2, -0.15) is 0 Å². The molecule has 0 unspecified atom stereocenters. The Morgan fingerprint density at radius 3 is 1.30 bits per heavy atom. The summed E-state index contributed by atoms with van der Waals surface area (Å²) in [6.07, 6.45) is 0. The largest absolute Gasteiger partial charge is 0.310 e. The third kappa shape index (κ3) is 7.75. The lowest BCUT2D eigenvalue weighted by molar-refractivity contribution is 1.18. The predicted octanol–water partition coefficient (Wildman–Crippen LogP) is 15.8. The Morgan fingerprint density at radius 2 is 0.712 bits per heavy atom. The maximum absolute atomic E-state index is 2.76. The van der Waals surface area contributed by atoms with Crippen LogP contribution in [0.5, 0.6) is 0 Å². The molecular weight excluding hydrogens is 897 g/mol. The summed E-state index contributed by atoms with van der Waals surface area (Å²) in [5.74, 6) is 0. The fourth-order valence-corrected chi connectivity index (χ4v) is 16.2. The molecule has 0 fully saturated rings. The van der Waals surface area contributed by atoms with Gasteiger partial charge in [-0.25, -0.2) is 0 Å². The van der Waals surface area contributed by atoms with Crippen molar-refractivity contribution in [3.8, 4) is 39.1 Å². The Bertz CT molecular complexity index is 3940. The molecule has 0 spiro atoms. The van der Waals surface area contributed by atoms with Gasteiger partial charge in [0.25, 0.3) is 0 Å². The molecule has 0 bridgehead atoms. The first-order chi connectivity index (χ1) is 36.2. The monoisotopic (exact) mass is 946 g/mol. The lowest BCUT2D eigenvalue weighted by atomic mass is 9.91. The summed E-state index contributed by atoms with van der Waals surface area (Å²) in [7, 11) is -2.76. The SMILES string of the molecule is c1ccc(-c2cc3ccccc3cc2-c2ccc(N(c3ccc([Si](c4ccccc4)(c4ccccc4)c4ccccc4)cc3)c3cccc(-c4cccc5c4c4ccccc4n5-c4ccccc4)c3)cc2)cc1. The van der Waals surface area contributed by atoms with Crippen LogP contribution in [-0.4, -0.2) is 12.6 Å². The molecule has 0 amide bonds. The van der Waals surface area contributed by atoms with Gasteiger partial charge in [0.15, 0.2) is 8.07 Å². The van der Waals surface area contributed by atoms with E-state index in [-0.39, 0.29) is 0 Å². The van der Waals surface area contributed by atoms with E-state index in [0.29, 0.717) is 0 Å². The van der Waals surface area contributed by atoms with Gasteiger partial charge in [0, 0.05) is 33.5 Å². The van der Waals surface area contributed by atoms with Gasteiger partial charge in [0.05, 0.1) is 11.0 Å². The van der Waals surface area contributed by atoms with Crippen LogP contribution in [0.4, 0.5) is 17.1 Å². The van der Waals surface area contributed by atoms with Gasteiger partial charge in [0.2, 0.25) is 0 Å². The maximum Gasteiger partial charge on any atom is 0.179 e. The van der Waals surface area contributed by atoms with Crippen molar-refractivity contribution in [2.24, 2.45) is 0 Å². The Hall–Kier alpha value is -9.28. The number of nitrogens with zero attached hydrogens (tertiary/aromatic N) is 2. The second-order valence-electron chi connectivity index (χ2n) is 18.8. The van der Waals surface area contributed by atoms with Crippen LogP contribution in [0.15, 0.2) is 303 Å². The summed E-state index contributed by atoms with van der Waals surface area (Å²) in [5.41, 5.74) is 13.9. The minimum Gasteiger partial charge on any atom is -0.310 e. The topological polar surface area (TPSA) is 8.17 Å². The van der Waals surface area contributed by atoms with Gasteiger partial charge in [-0.1, -0.05) is 231 Å². The van der Waals surface area contributed by atoms with E-state index in [1.807, 2.05) is 0 Å². The lowest BCUT2D eigenvalue weighted by Crippen LogP contribution is -2.74. The Kier molecular flexibility index (Phi) is 11.3. The van der Waals surface area contributed by atoms with Crippen molar-refractivity contribution in [2.45, 2.75) is 0 Å². The van der Waals surface area contributed by atoms with E-state index in [2.05, 4.69) is 313 Å². The minimum absolute atomic E-state index is 1.08. The van der Waals surface area contributed by atoms with E-state index >= 15 is 0 Å². The first kappa shape index (κ1) is 43.7. The fraction of sp³-hybridized carbons (Fsp3) is 0. The third-order valence-electron chi connectivity index (χ3n) is 14.7. The smallest absolute Gasteiger partial charge is 0.179 e. The molecule has 1 heterocycles. The van der Waals surface area contributed by atoms with Crippen molar-refractivity contribution in [1.82, 2.24) is 4.57 Å². The van der Waals surface area contributed by atoms with Crippen LogP contribution >= 0.6 is 0 Å². The van der Waals surface area contributed by atoms with E-state index in [0.717, 1.165) is 28.3 Å². The molecule has 12 aromatic carbocycles. The molecule has 0 aliphatic carbocycles. The first-order valence-electron chi connectivity index (χ1n) is 25.2. The minimum atomic E-state index is -2.76. The Balaban J connectivity index is 0.991. The zero-order chi connectivity index (χ0) is 48.6. The van der Waals surface area contributed by atoms with Crippen LogP contribution in [0.3, 0.4) is 0 Å². The molecule has 2 nitrogen and oxygen atoms in total. The van der Waals surface area contributed by atoms with E-state index in [1.54, 1.807) is 0 Å². The van der Waals surface area contributed by atoms with Crippen molar-refractivity contribution in [1.29, 1.82) is 0 Å². The molecule has 13 rings (SSSR count). The van der Waals surface area contributed by atoms with Gasteiger partial charge in [-0.15, -0.1) is 0 Å². The number of hydrogen-bond donors (Lipinski definition) is 0. The van der Waals surface area contributed by atoms with E-state index in [9.17, 15) is 0 Å². The summed E-state index contributed by atoms with van der Waals surface area (Å²) in [6, 6.07) is 112. The second-order valence-corrected chi connectivity index (χ2v) is 22.6. The maximum atomic E-state index is 2.43.